The lowest BCUT2D eigenvalue weighted by Gasteiger charge is -2.36. The van der Waals surface area contributed by atoms with Crippen molar-refractivity contribution in [2.24, 2.45) is 5.10 Å². The molecule has 150 valence electrons. The van der Waals surface area contributed by atoms with Crippen LogP contribution in [0.1, 0.15) is 44.2 Å². The largest absolute Gasteiger partial charge is 0.493 e. The van der Waals surface area contributed by atoms with E-state index < -0.39 is 0 Å². The molecule has 0 bridgehead atoms. The van der Waals surface area contributed by atoms with Crippen molar-refractivity contribution >= 4 is 29.4 Å². The normalized spacial score (nSPS) is 19.8. The predicted molar refractivity (Wildman–Crippen MR) is 116 cm³/mol. The molecular formula is C22H26Cl2N2O2. The minimum Gasteiger partial charge on any atom is -0.493 e. The summed E-state index contributed by atoms with van der Waals surface area (Å²) in [5, 5.41) is 8.10. The molecule has 6 heteroatoms. The minimum atomic E-state index is 0.336. The van der Waals surface area contributed by atoms with Crippen LogP contribution in [0, 0.1) is 0 Å². The number of rotatable bonds is 6. The standard InChI is InChI=1S/C22H26Cl2N2O2/c1-15-5-4-6-16(2)26(15)25-13-17-7-10-21(22(11-17)27-3)28-14-18-8-9-19(23)12-20(18)24/h7-13,15-16H,4-6,14H2,1-3H3/b25-13-/t15-,16+. The summed E-state index contributed by atoms with van der Waals surface area (Å²) in [5.74, 6) is 1.32. The zero-order valence-corrected chi connectivity index (χ0v) is 18.0. The van der Waals surface area contributed by atoms with Gasteiger partial charge in [-0.05, 0) is 69.0 Å². The van der Waals surface area contributed by atoms with E-state index in [0.717, 1.165) is 11.1 Å². The fourth-order valence-electron chi connectivity index (χ4n) is 3.45. The Kier molecular flexibility index (Phi) is 7.08. The highest BCUT2D eigenvalue weighted by Gasteiger charge is 2.22. The molecule has 2 aromatic carbocycles. The molecule has 3 rings (SSSR count). The van der Waals surface area contributed by atoms with Gasteiger partial charge in [0, 0.05) is 27.7 Å². The van der Waals surface area contributed by atoms with Crippen LogP contribution in [0.5, 0.6) is 11.5 Å². The molecule has 1 heterocycles. The minimum absolute atomic E-state index is 0.336. The quantitative estimate of drug-likeness (QED) is 0.523. The maximum atomic E-state index is 6.22. The van der Waals surface area contributed by atoms with E-state index in [1.54, 1.807) is 19.2 Å². The Morgan fingerprint density at radius 2 is 1.82 bits per heavy atom. The average molecular weight is 421 g/mol. The molecule has 1 saturated heterocycles. The molecule has 0 amide bonds. The van der Waals surface area contributed by atoms with Gasteiger partial charge in [0.15, 0.2) is 11.5 Å². The number of benzene rings is 2. The topological polar surface area (TPSA) is 34.1 Å². The second-order valence-electron chi connectivity index (χ2n) is 7.19. The van der Waals surface area contributed by atoms with Gasteiger partial charge < -0.3 is 9.47 Å². The van der Waals surface area contributed by atoms with Crippen LogP contribution in [0.25, 0.3) is 0 Å². The Balaban J connectivity index is 1.70. The molecule has 4 nitrogen and oxygen atoms in total. The molecule has 28 heavy (non-hydrogen) atoms. The Hall–Kier alpha value is -1.91. The second kappa shape index (κ2) is 9.53. The molecule has 2 aromatic rings. The number of nitrogens with zero attached hydrogens (tertiary/aromatic N) is 2. The Labute approximate surface area is 177 Å². The Morgan fingerprint density at radius 1 is 1.07 bits per heavy atom. The Bertz CT molecular complexity index is 831. The molecule has 0 spiro atoms. The summed E-state index contributed by atoms with van der Waals surface area (Å²) in [6.07, 6.45) is 5.53. The number of halogens is 2. The highest BCUT2D eigenvalue weighted by atomic mass is 35.5. The summed E-state index contributed by atoms with van der Waals surface area (Å²) in [6, 6.07) is 12.1. The second-order valence-corrected chi connectivity index (χ2v) is 8.03. The first kappa shape index (κ1) is 20.8. The van der Waals surface area contributed by atoms with Crippen molar-refractivity contribution < 1.29 is 9.47 Å². The van der Waals surface area contributed by atoms with Crippen molar-refractivity contribution in [3.63, 3.8) is 0 Å². The summed E-state index contributed by atoms with van der Waals surface area (Å²) in [5.41, 5.74) is 1.84. The van der Waals surface area contributed by atoms with E-state index in [9.17, 15) is 0 Å². The molecule has 1 aliphatic heterocycles. The van der Waals surface area contributed by atoms with E-state index in [1.165, 1.54) is 19.3 Å². The van der Waals surface area contributed by atoms with Gasteiger partial charge in [0.05, 0.1) is 13.3 Å². The van der Waals surface area contributed by atoms with Gasteiger partial charge in [0.1, 0.15) is 6.61 Å². The van der Waals surface area contributed by atoms with Gasteiger partial charge >= 0.3 is 0 Å². The SMILES string of the molecule is COc1cc(/C=N\N2[C@H](C)CCC[C@@H]2C)ccc1OCc1ccc(Cl)cc1Cl. The highest BCUT2D eigenvalue weighted by molar-refractivity contribution is 6.35. The van der Waals surface area contributed by atoms with Crippen molar-refractivity contribution in [1.29, 1.82) is 0 Å². The lowest BCUT2D eigenvalue weighted by atomic mass is 10.00. The summed E-state index contributed by atoms with van der Waals surface area (Å²) >= 11 is 12.2. The van der Waals surface area contributed by atoms with Crippen LogP contribution in [-0.4, -0.2) is 30.4 Å². The lowest BCUT2D eigenvalue weighted by molar-refractivity contribution is 0.109. The van der Waals surface area contributed by atoms with Gasteiger partial charge in [-0.1, -0.05) is 29.3 Å². The molecule has 0 unspecified atom stereocenters. The summed E-state index contributed by atoms with van der Waals surface area (Å²) < 4.78 is 11.4. The third-order valence-electron chi connectivity index (χ3n) is 5.07. The van der Waals surface area contributed by atoms with E-state index in [1.807, 2.05) is 30.5 Å². The molecule has 2 atom stereocenters. The van der Waals surface area contributed by atoms with Crippen molar-refractivity contribution in [3.05, 3.63) is 57.6 Å². The fraction of sp³-hybridized carbons (Fsp3) is 0.409. The Morgan fingerprint density at radius 3 is 2.50 bits per heavy atom. The van der Waals surface area contributed by atoms with Crippen LogP contribution in [0.2, 0.25) is 10.0 Å². The average Bonchev–Trinajstić information content (AvgIpc) is 2.67. The van der Waals surface area contributed by atoms with Gasteiger partial charge in [0.2, 0.25) is 0 Å². The van der Waals surface area contributed by atoms with Gasteiger partial charge in [-0.15, -0.1) is 0 Å². The molecule has 0 aromatic heterocycles. The van der Waals surface area contributed by atoms with Crippen LogP contribution in [0.15, 0.2) is 41.5 Å². The first-order valence-electron chi connectivity index (χ1n) is 9.55. The number of hydrazone groups is 1. The fourth-order valence-corrected chi connectivity index (χ4v) is 3.91. The van der Waals surface area contributed by atoms with Gasteiger partial charge in [-0.2, -0.15) is 5.10 Å². The number of hydrogen-bond donors (Lipinski definition) is 0. The number of piperidine rings is 1. The maximum Gasteiger partial charge on any atom is 0.161 e. The number of hydrogen-bond acceptors (Lipinski definition) is 4. The van der Waals surface area contributed by atoms with Gasteiger partial charge in [-0.3, -0.25) is 5.01 Å². The monoisotopic (exact) mass is 420 g/mol. The molecule has 0 N–H and O–H groups in total. The lowest BCUT2D eigenvalue weighted by Crippen LogP contribution is -2.39. The predicted octanol–water partition coefficient (Wildman–Crippen LogP) is 6.18. The molecule has 1 fully saturated rings. The van der Waals surface area contributed by atoms with Crippen molar-refractivity contribution in [3.8, 4) is 11.5 Å². The number of methoxy groups -OCH3 is 1. The summed E-state index contributed by atoms with van der Waals surface area (Å²) in [6.45, 7) is 4.79. The van der Waals surface area contributed by atoms with E-state index in [0.29, 0.717) is 40.2 Å². The van der Waals surface area contributed by atoms with Crippen molar-refractivity contribution in [1.82, 2.24) is 5.01 Å². The summed E-state index contributed by atoms with van der Waals surface area (Å²) in [4.78, 5) is 0. The molecular weight excluding hydrogens is 395 g/mol. The maximum absolute atomic E-state index is 6.22. The zero-order valence-electron chi connectivity index (χ0n) is 16.5. The van der Waals surface area contributed by atoms with Crippen LogP contribution in [-0.2, 0) is 6.61 Å². The highest BCUT2D eigenvalue weighted by Crippen LogP contribution is 2.30. The molecule has 1 aliphatic rings. The third-order valence-corrected chi connectivity index (χ3v) is 5.66. The van der Waals surface area contributed by atoms with Crippen LogP contribution in [0.4, 0.5) is 0 Å². The third kappa shape index (κ3) is 5.12. The molecule has 0 aliphatic carbocycles. The van der Waals surface area contributed by atoms with Crippen LogP contribution < -0.4 is 9.47 Å². The van der Waals surface area contributed by atoms with Crippen molar-refractivity contribution in [2.45, 2.75) is 51.8 Å². The number of ether oxygens (including phenoxy) is 2. The molecule has 0 radical (unpaired) electrons. The zero-order chi connectivity index (χ0) is 20.1. The first-order valence-corrected chi connectivity index (χ1v) is 10.3. The van der Waals surface area contributed by atoms with Gasteiger partial charge in [0.25, 0.3) is 0 Å². The van der Waals surface area contributed by atoms with E-state index in [-0.39, 0.29) is 0 Å². The van der Waals surface area contributed by atoms with E-state index in [2.05, 4.69) is 18.9 Å². The summed E-state index contributed by atoms with van der Waals surface area (Å²) in [7, 11) is 1.63. The van der Waals surface area contributed by atoms with Crippen LogP contribution in [0.3, 0.4) is 0 Å². The smallest absolute Gasteiger partial charge is 0.161 e. The van der Waals surface area contributed by atoms with Gasteiger partial charge in [-0.25, -0.2) is 0 Å². The molecule has 0 saturated carbocycles. The van der Waals surface area contributed by atoms with E-state index >= 15 is 0 Å². The van der Waals surface area contributed by atoms with E-state index in [4.69, 9.17) is 37.8 Å². The van der Waals surface area contributed by atoms with Crippen LogP contribution >= 0.6 is 23.2 Å². The van der Waals surface area contributed by atoms with Crippen molar-refractivity contribution in [2.75, 3.05) is 7.11 Å². The first-order chi connectivity index (χ1) is 13.5.